The molecular weight excluding hydrogens is 546 g/mol. The number of sulfonamides is 1. The van der Waals surface area contributed by atoms with Crippen molar-refractivity contribution >= 4 is 39.1 Å². The summed E-state index contributed by atoms with van der Waals surface area (Å²) in [6, 6.07) is 21.7. The quantitative estimate of drug-likeness (QED) is 0.318. The minimum Gasteiger partial charge on any atom is -0.350 e. The van der Waals surface area contributed by atoms with Gasteiger partial charge in [0.1, 0.15) is 12.6 Å². The fourth-order valence-electron chi connectivity index (χ4n) is 4.39. The zero-order valence-electron chi connectivity index (χ0n) is 23.7. The van der Waals surface area contributed by atoms with Gasteiger partial charge >= 0.3 is 0 Å². The lowest BCUT2D eigenvalue weighted by Crippen LogP contribution is -2.56. The molecule has 0 aromatic heterocycles. The molecule has 214 valence electrons. The van der Waals surface area contributed by atoms with E-state index in [2.05, 4.69) is 5.32 Å². The van der Waals surface area contributed by atoms with Crippen molar-refractivity contribution in [1.82, 2.24) is 10.2 Å². The van der Waals surface area contributed by atoms with Crippen LogP contribution in [0.15, 0.2) is 83.8 Å². The maximum atomic E-state index is 14.1. The second-order valence-electron chi connectivity index (χ2n) is 10.8. The Balaban J connectivity index is 2.02. The first-order valence-corrected chi connectivity index (χ1v) is 15.1. The van der Waals surface area contributed by atoms with Crippen molar-refractivity contribution in [3.8, 4) is 0 Å². The molecule has 0 saturated heterocycles. The highest BCUT2D eigenvalue weighted by Crippen LogP contribution is 2.26. The van der Waals surface area contributed by atoms with Crippen LogP contribution in [0.5, 0.6) is 0 Å². The second-order valence-corrected chi connectivity index (χ2v) is 13.1. The number of anilines is 1. The highest BCUT2D eigenvalue weighted by atomic mass is 35.5. The fraction of sp³-hybridized carbons (Fsp3) is 0.355. The van der Waals surface area contributed by atoms with Gasteiger partial charge in [-0.1, -0.05) is 61.0 Å². The summed E-state index contributed by atoms with van der Waals surface area (Å²) in [7, 11) is -4.14. The second kappa shape index (κ2) is 13.3. The standard InChI is InChI=1S/C31H38ClN3O4S/c1-6-28(30(37)33-31(3,4)5)34(20-19-24-12-8-7-9-13-24)29(36)22-35(26-14-10-11-23(2)21-26)40(38,39)27-17-15-25(32)16-18-27/h7-18,21,28H,6,19-20,22H2,1-5H3,(H,33,37)/t28-/m0/s1. The van der Waals surface area contributed by atoms with Crippen molar-refractivity contribution in [3.63, 3.8) is 0 Å². The van der Waals surface area contributed by atoms with Crippen molar-refractivity contribution in [2.24, 2.45) is 0 Å². The van der Waals surface area contributed by atoms with Crippen LogP contribution in [0.25, 0.3) is 0 Å². The highest BCUT2D eigenvalue weighted by Gasteiger charge is 2.34. The molecule has 0 aliphatic carbocycles. The molecule has 3 aromatic carbocycles. The van der Waals surface area contributed by atoms with E-state index in [1.807, 2.05) is 71.0 Å². The maximum Gasteiger partial charge on any atom is 0.264 e. The molecule has 0 aliphatic rings. The Morgan fingerprint density at radius 3 is 2.17 bits per heavy atom. The predicted molar refractivity (Wildman–Crippen MR) is 161 cm³/mol. The first-order chi connectivity index (χ1) is 18.8. The van der Waals surface area contributed by atoms with Crippen LogP contribution in [0.2, 0.25) is 5.02 Å². The van der Waals surface area contributed by atoms with Crippen molar-refractivity contribution in [3.05, 3.63) is 95.0 Å². The molecule has 0 spiro atoms. The summed E-state index contributed by atoms with van der Waals surface area (Å²) < 4.78 is 28.9. The smallest absolute Gasteiger partial charge is 0.264 e. The van der Waals surface area contributed by atoms with Crippen molar-refractivity contribution in [2.45, 2.75) is 63.9 Å². The topological polar surface area (TPSA) is 86.8 Å². The van der Waals surface area contributed by atoms with Gasteiger partial charge in [-0.15, -0.1) is 0 Å². The number of hydrogen-bond acceptors (Lipinski definition) is 4. The predicted octanol–water partition coefficient (Wildman–Crippen LogP) is 5.61. The summed E-state index contributed by atoms with van der Waals surface area (Å²) in [4.78, 5) is 28.9. The third-order valence-electron chi connectivity index (χ3n) is 6.34. The van der Waals surface area contributed by atoms with Gasteiger partial charge in [0.15, 0.2) is 0 Å². The summed E-state index contributed by atoms with van der Waals surface area (Å²) in [6.07, 6.45) is 0.886. The van der Waals surface area contributed by atoms with E-state index in [4.69, 9.17) is 11.6 Å². The van der Waals surface area contributed by atoms with Gasteiger partial charge in [0, 0.05) is 17.1 Å². The Morgan fingerprint density at radius 2 is 1.60 bits per heavy atom. The van der Waals surface area contributed by atoms with Gasteiger partial charge in [0.2, 0.25) is 11.8 Å². The van der Waals surface area contributed by atoms with Crippen molar-refractivity contribution in [1.29, 1.82) is 0 Å². The molecule has 1 N–H and O–H groups in total. The Morgan fingerprint density at radius 1 is 0.950 bits per heavy atom. The summed E-state index contributed by atoms with van der Waals surface area (Å²) >= 11 is 6.01. The number of rotatable bonds is 11. The van der Waals surface area contributed by atoms with E-state index < -0.39 is 34.1 Å². The van der Waals surface area contributed by atoms with Gasteiger partial charge in [-0.05, 0) is 88.1 Å². The van der Waals surface area contributed by atoms with Gasteiger partial charge in [0.05, 0.1) is 10.6 Å². The Bertz CT molecular complexity index is 1400. The zero-order valence-corrected chi connectivity index (χ0v) is 25.3. The number of aryl methyl sites for hydroxylation is 1. The molecule has 1 atom stereocenters. The van der Waals surface area contributed by atoms with Crippen LogP contribution >= 0.6 is 11.6 Å². The zero-order chi connectivity index (χ0) is 29.5. The molecule has 3 aromatic rings. The van der Waals surface area contributed by atoms with Crippen LogP contribution in [-0.2, 0) is 26.0 Å². The number of halogens is 1. The minimum atomic E-state index is -4.14. The summed E-state index contributed by atoms with van der Waals surface area (Å²) in [5.74, 6) is -0.745. The molecule has 0 unspecified atom stereocenters. The monoisotopic (exact) mass is 583 g/mol. The molecule has 0 aliphatic heterocycles. The van der Waals surface area contributed by atoms with E-state index in [0.717, 1.165) is 15.4 Å². The van der Waals surface area contributed by atoms with E-state index in [1.165, 1.54) is 29.2 Å². The number of carbonyl (C=O) groups excluding carboxylic acids is 2. The van der Waals surface area contributed by atoms with Crippen LogP contribution < -0.4 is 9.62 Å². The van der Waals surface area contributed by atoms with Crippen LogP contribution in [0.1, 0.15) is 45.2 Å². The molecule has 0 radical (unpaired) electrons. The lowest BCUT2D eigenvalue weighted by Gasteiger charge is -2.34. The molecule has 2 amide bonds. The first kappa shape index (κ1) is 31.2. The van der Waals surface area contributed by atoms with E-state index in [0.29, 0.717) is 23.6 Å². The normalized spacial score (nSPS) is 12.4. The Labute approximate surface area is 243 Å². The average Bonchev–Trinajstić information content (AvgIpc) is 2.89. The van der Waals surface area contributed by atoms with E-state index >= 15 is 0 Å². The van der Waals surface area contributed by atoms with Crippen LogP contribution in [-0.4, -0.2) is 49.8 Å². The molecule has 9 heteroatoms. The lowest BCUT2D eigenvalue weighted by molar-refractivity contribution is -0.140. The van der Waals surface area contributed by atoms with Gasteiger partial charge in [0.25, 0.3) is 10.0 Å². The summed E-state index contributed by atoms with van der Waals surface area (Å²) in [5, 5.41) is 3.38. The Kier molecular flexibility index (Phi) is 10.4. The van der Waals surface area contributed by atoms with Crippen molar-refractivity contribution < 1.29 is 18.0 Å². The van der Waals surface area contributed by atoms with E-state index in [1.54, 1.807) is 18.2 Å². The molecule has 0 bridgehead atoms. The van der Waals surface area contributed by atoms with Crippen LogP contribution in [0.3, 0.4) is 0 Å². The molecule has 0 saturated carbocycles. The van der Waals surface area contributed by atoms with Gasteiger partial charge < -0.3 is 10.2 Å². The summed E-state index contributed by atoms with van der Waals surface area (Å²) in [6.45, 7) is 9.13. The molecule has 40 heavy (non-hydrogen) atoms. The number of hydrogen-bond donors (Lipinski definition) is 1. The molecule has 0 heterocycles. The lowest BCUT2D eigenvalue weighted by atomic mass is 10.1. The van der Waals surface area contributed by atoms with E-state index in [9.17, 15) is 18.0 Å². The maximum absolute atomic E-state index is 14.1. The molecule has 7 nitrogen and oxygen atoms in total. The number of benzene rings is 3. The number of nitrogens with one attached hydrogen (secondary N) is 1. The molecule has 0 fully saturated rings. The molecule has 3 rings (SSSR count). The molecular formula is C31H38ClN3O4S. The number of amides is 2. The fourth-order valence-corrected chi connectivity index (χ4v) is 5.93. The Hall–Kier alpha value is -3.36. The average molecular weight is 584 g/mol. The largest absolute Gasteiger partial charge is 0.350 e. The van der Waals surface area contributed by atoms with Crippen LogP contribution in [0, 0.1) is 6.92 Å². The van der Waals surface area contributed by atoms with E-state index in [-0.39, 0.29) is 17.3 Å². The van der Waals surface area contributed by atoms with Crippen LogP contribution in [0.4, 0.5) is 5.69 Å². The highest BCUT2D eigenvalue weighted by molar-refractivity contribution is 7.92. The first-order valence-electron chi connectivity index (χ1n) is 13.3. The number of nitrogens with zero attached hydrogens (tertiary/aromatic N) is 2. The summed E-state index contributed by atoms with van der Waals surface area (Å²) in [5.41, 5.74) is 1.72. The van der Waals surface area contributed by atoms with Gasteiger partial charge in [-0.25, -0.2) is 8.42 Å². The third kappa shape index (κ3) is 8.32. The van der Waals surface area contributed by atoms with Gasteiger partial charge in [-0.3, -0.25) is 13.9 Å². The minimum absolute atomic E-state index is 0.0135. The van der Waals surface area contributed by atoms with Gasteiger partial charge in [-0.2, -0.15) is 0 Å². The third-order valence-corrected chi connectivity index (χ3v) is 8.38. The SMILES string of the molecule is CC[C@@H](C(=O)NC(C)(C)C)N(CCc1ccccc1)C(=O)CN(c1cccc(C)c1)S(=O)(=O)c1ccc(Cl)cc1. The number of carbonyl (C=O) groups is 2. The van der Waals surface area contributed by atoms with Crippen molar-refractivity contribution in [2.75, 3.05) is 17.4 Å².